The van der Waals surface area contributed by atoms with Crippen LogP contribution in [-0.4, -0.2) is 42.1 Å². The number of benzene rings is 2. The first-order chi connectivity index (χ1) is 14.7. The normalized spacial score (nSPS) is 20.1. The molecule has 0 bridgehead atoms. The lowest BCUT2D eigenvalue weighted by Crippen LogP contribution is -2.57. The first-order valence-corrected chi connectivity index (χ1v) is 10.1. The topological polar surface area (TPSA) is 113 Å². The van der Waals surface area contributed by atoms with Crippen LogP contribution in [0.5, 0.6) is 0 Å². The smallest absolute Gasteiger partial charge is 0.321 e. The van der Waals surface area contributed by atoms with E-state index >= 15 is 0 Å². The molecular formula is C23H24N4O4. The van der Waals surface area contributed by atoms with Gasteiger partial charge in [0, 0.05) is 30.0 Å². The van der Waals surface area contributed by atoms with Gasteiger partial charge in [-0.15, -0.1) is 0 Å². The molecule has 3 N–H and O–H groups in total. The minimum atomic E-state index is -0.920. The van der Waals surface area contributed by atoms with Crippen molar-refractivity contribution >= 4 is 35.5 Å². The molecule has 8 heteroatoms. The molecule has 1 fully saturated rings. The fraction of sp³-hybridized carbons (Fsp3) is 0.304. The molecule has 0 radical (unpaired) electrons. The van der Waals surface area contributed by atoms with Crippen molar-refractivity contribution in [3.05, 3.63) is 59.2 Å². The monoisotopic (exact) mass is 420 g/mol. The number of carbonyl (C=O) groups is 4. The highest BCUT2D eigenvalue weighted by Gasteiger charge is 2.38. The van der Waals surface area contributed by atoms with E-state index in [-0.39, 0.29) is 24.5 Å². The zero-order valence-corrected chi connectivity index (χ0v) is 17.4. The number of urea groups is 1. The number of carbonyl (C=O) groups excluding carboxylic acids is 4. The van der Waals surface area contributed by atoms with Gasteiger partial charge in [-0.1, -0.05) is 26.0 Å². The Labute approximate surface area is 180 Å². The maximum atomic E-state index is 12.6. The number of nitrogens with one attached hydrogen (secondary N) is 1. The molecule has 0 spiro atoms. The second kappa shape index (κ2) is 7.54. The predicted molar refractivity (Wildman–Crippen MR) is 116 cm³/mol. The van der Waals surface area contributed by atoms with Crippen LogP contribution < -0.4 is 16.0 Å². The zero-order chi connectivity index (χ0) is 22.3. The van der Waals surface area contributed by atoms with Crippen LogP contribution in [0.2, 0.25) is 0 Å². The molecule has 2 aliphatic rings. The van der Waals surface area contributed by atoms with E-state index in [0.717, 1.165) is 34.4 Å². The van der Waals surface area contributed by atoms with Crippen molar-refractivity contribution in [1.82, 2.24) is 4.90 Å². The minimum absolute atomic E-state index is 0.0419. The fourth-order valence-corrected chi connectivity index (χ4v) is 4.42. The molecule has 4 rings (SSSR count). The number of fused-ring (bicyclic) bond motifs is 1. The standard InChI is InChI=1S/C23H24N4O4/c1-23(2)12-16-10-14(13-28)6-7-18(16)25-19(23)15-4-3-5-17(11-15)26-8-9-27(22(24)31)21(30)20(26)29/h3-7,10-11,13,19,25H,8-9,12H2,1-2H3,(H2,24,31). The lowest BCUT2D eigenvalue weighted by Gasteiger charge is -2.42. The second-order valence-corrected chi connectivity index (χ2v) is 8.62. The maximum Gasteiger partial charge on any atom is 0.321 e. The molecule has 1 unspecified atom stereocenters. The van der Waals surface area contributed by atoms with E-state index in [2.05, 4.69) is 19.2 Å². The summed E-state index contributed by atoms with van der Waals surface area (Å²) in [4.78, 5) is 49.4. The highest BCUT2D eigenvalue weighted by atomic mass is 16.2. The summed E-state index contributed by atoms with van der Waals surface area (Å²) in [7, 11) is 0. The van der Waals surface area contributed by atoms with Gasteiger partial charge in [0.15, 0.2) is 0 Å². The van der Waals surface area contributed by atoms with Crippen molar-refractivity contribution in [2.24, 2.45) is 11.1 Å². The van der Waals surface area contributed by atoms with Gasteiger partial charge in [0.1, 0.15) is 6.29 Å². The van der Waals surface area contributed by atoms with Crippen LogP contribution in [0.15, 0.2) is 42.5 Å². The first kappa shape index (κ1) is 20.6. The van der Waals surface area contributed by atoms with Crippen molar-refractivity contribution in [1.29, 1.82) is 0 Å². The predicted octanol–water partition coefficient (Wildman–Crippen LogP) is 2.49. The molecule has 2 heterocycles. The third-order valence-corrected chi connectivity index (χ3v) is 5.99. The number of piperazine rings is 1. The van der Waals surface area contributed by atoms with Crippen LogP contribution in [0.4, 0.5) is 16.2 Å². The lowest BCUT2D eigenvalue weighted by atomic mass is 9.72. The van der Waals surface area contributed by atoms with Crippen LogP contribution in [0.3, 0.4) is 0 Å². The Kier molecular flexibility index (Phi) is 5.00. The molecule has 1 atom stereocenters. The Balaban J connectivity index is 1.64. The minimum Gasteiger partial charge on any atom is -0.377 e. The molecule has 2 aromatic rings. The number of imide groups is 1. The summed E-state index contributed by atoms with van der Waals surface area (Å²) in [5.41, 5.74) is 9.30. The molecule has 4 amide bonds. The number of nitrogens with two attached hydrogens (primary N) is 1. The second-order valence-electron chi connectivity index (χ2n) is 8.62. The van der Waals surface area contributed by atoms with E-state index in [1.807, 2.05) is 30.3 Å². The molecule has 2 aromatic carbocycles. The molecule has 0 saturated carbocycles. The van der Waals surface area contributed by atoms with E-state index in [1.165, 1.54) is 4.90 Å². The van der Waals surface area contributed by atoms with Crippen molar-refractivity contribution in [2.45, 2.75) is 26.3 Å². The quantitative estimate of drug-likeness (QED) is 0.585. The highest BCUT2D eigenvalue weighted by molar-refractivity contribution is 6.43. The summed E-state index contributed by atoms with van der Waals surface area (Å²) in [5.74, 6) is -1.69. The van der Waals surface area contributed by atoms with Gasteiger partial charge >= 0.3 is 17.8 Å². The number of rotatable bonds is 3. The molecule has 0 aliphatic carbocycles. The zero-order valence-electron chi connectivity index (χ0n) is 17.4. The Hall–Kier alpha value is -3.68. The van der Waals surface area contributed by atoms with Crippen LogP contribution in [0, 0.1) is 5.41 Å². The van der Waals surface area contributed by atoms with Gasteiger partial charge in [0.25, 0.3) is 0 Å². The Morgan fingerprint density at radius 2 is 1.90 bits per heavy atom. The van der Waals surface area contributed by atoms with Gasteiger partial charge < -0.3 is 16.0 Å². The molecule has 2 aliphatic heterocycles. The molecule has 1 saturated heterocycles. The fourth-order valence-electron chi connectivity index (χ4n) is 4.42. The molecule has 31 heavy (non-hydrogen) atoms. The number of nitrogens with zero attached hydrogens (tertiary/aromatic N) is 2. The van der Waals surface area contributed by atoms with Gasteiger partial charge in [0.2, 0.25) is 0 Å². The number of hydrogen-bond acceptors (Lipinski definition) is 5. The number of amides is 4. The Morgan fingerprint density at radius 3 is 2.61 bits per heavy atom. The van der Waals surface area contributed by atoms with Gasteiger partial charge in [0.05, 0.1) is 6.04 Å². The number of anilines is 2. The van der Waals surface area contributed by atoms with Crippen molar-refractivity contribution in [3.8, 4) is 0 Å². The van der Waals surface area contributed by atoms with E-state index < -0.39 is 17.8 Å². The van der Waals surface area contributed by atoms with E-state index in [4.69, 9.17) is 5.73 Å². The maximum absolute atomic E-state index is 12.6. The molecular weight excluding hydrogens is 396 g/mol. The summed E-state index contributed by atoms with van der Waals surface area (Å²) in [6.07, 6.45) is 1.62. The van der Waals surface area contributed by atoms with Crippen molar-refractivity contribution in [3.63, 3.8) is 0 Å². The van der Waals surface area contributed by atoms with Crippen LogP contribution in [0.1, 0.15) is 41.4 Å². The van der Waals surface area contributed by atoms with Crippen LogP contribution in [0.25, 0.3) is 0 Å². The number of hydrogen-bond donors (Lipinski definition) is 2. The van der Waals surface area contributed by atoms with Gasteiger partial charge in [-0.2, -0.15) is 0 Å². The summed E-state index contributed by atoms with van der Waals surface area (Å²) >= 11 is 0. The molecule has 160 valence electrons. The van der Waals surface area contributed by atoms with Gasteiger partial charge in [-0.3, -0.25) is 19.3 Å². The molecule has 8 nitrogen and oxygen atoms in total. The highest BCUT2D eigenvalue weighted by Crippen LogP contribution is 2.45. The number of aldehydes is 1. The Bertz CT molecular complexity index is 1090. The average Bonchev–Trinajstić information content (AvgIpc) is 2.73. The van der Waals surface area contributed by atoms with Crippen LogP contribution in [-0.2, 0) is 16.0 Å². The van der Waals surface area contributed by atoms with Gasteiger partial charge in [-0.25, -0.2) is 4.79 Å². The van der Waals surface area contributed by atoms with Crippen molar-refractivity contribution in [2.75, 3.05) is 23.3 Å². The van der Waals surface area contributed by atoms with E-state index in [0.29, 0.717) is 11.3 Å². The van der Waals surface area contributed by atoms with E-state index in [1.54, 1.807) is 12.1 Å². The third kappa shape index (κ3) is 3.65. The summed E-state index contributed by atoms with van der Waals surface area (Å²) in [6.45, 7) is 4.54. The summed E-state index contributed by atoms with van der Waals surface area (Å²) in [5, 5.41) is 3.57. The summed E-state index contributed by atoms with van der Waals surface area (Å²) in [6, 6.07) is 12.2. The third-order valence-electron chi connectivity index (χ3n) is 5.99. The van der Waals surface area contributed by atoms with E-state index in [9.17, 15) is 19.2 Å². The summed E-state index contributed by atoms with van der Waals surface area (Å²) < 4.78 is 0. The number of primary amides is 1. The van der Waals surface area contributed by atoms with Crippen LogP contribution >= 0.6 is 0 Å². The van der Waals surface area contributed by atoms with Gasteiger partial charge in [-0.05, 0) is 53.3 Å². The largest absolute Gasteiger partial charge is 0.377 e. The average molecular weight is 420 g/mol. The molecule has 0 aromatic heterocycles. The first-order valence-electron chi connectivity index (χ1n) is 10.1. The lowest BCUT2D eigenvalue weighted by molar-refractivity contribution is -0.143. The SMILES string of the molecule is CC1(C)Cc2cc(C=O)ccc2NC1c1cccc(N2CCN(C(N)=O)C(=O)C2=O)c1. The Morgan fingerprint density at radius 1 is 1.13 bits per heavy atom. The van der Waals surface area contributed by atoms with Crippen molar-refractivity contribution < 1.29 is 19.2 Å².